The Balaban J connectivity index is 1.68. The molecule has 1 unspecified atom stereocenters. The predicted octanol–water partition coefficient (Wildman–Crippen LogP) is 0.589. The summed E-state index contributed by atoms with van der Waals surface area (Å²) in [5.41, 5.74) is 6.89. The number of nitrogens with zero attached hydrogens (tertiary/aromatic N) is 2. The molecule has 0 radical (unpaired) electrons. The second-order valence-corrected chi connectivity index (χ2v) is 6.80. The number of hydrogen-bond donors (Lipinski definition) is 1. The van der Waals surface area contributed by atoms with E-state index >= 15 is 0 Å². The molecule has 4 rings (SSSR count). The lowest BCUT2D eigenvalue weighted by atomic mass is 9.77. The summed E-state index contributed by atoms with van der Waals surface area (Å²) in [6, 6.07) is 9.29. The molecule has 2 fully saturated rings. The van der Waals surface area contributed by atoms with Gasteiger partial charge in [0.2, 0.25) is 5.91 Å². The number of piperidine rings is 2. The maximum absolute atomic E-state index is 11.2. The quantitative estimate of drug-likeness (QED) is 0.887. The van der Waals surface area contributed by atoms with Crippen molar-refractivity contribution in [3.8, 4) is 0 Å². The first kappa shape index (κ1) is 13.9. The van der Waals surface area contributed by atoms with Gasteiger partial charge in [0.25, 0.3) is 0 Å². The number of fused-ring (bicyclic) bond motifs is 4. The van der Waals surface area contributed by atoms with Gasteiger partial charge in [-0.15, -0.1) is 0 Å². The molecule has 1 aromatic rings. The maximum atomic E-state index is 11.2. The van der Waals surface area contributed by atoms with Crippen molar-refractivity contribution in [2.45, 2.75) is 44.2 Å². The van der Waals surface area contributed by atoms with Crippen molar-refractivity contribution in [2.75, 3.05) is 13.1 Å². The van der Waals surface area contributed by atoms with Crippen molar-refractivity contribution < 1.29 is 4.79 Å². The Labute approximate surface area is 130 Å². The fourth-order valence-corrected chi connectivity index (χ4v) is 4.61. The number of amides is 1. The zero-order valence-electron chi connectivity index (χ0n) is 12.9. The molecule has 3 heterocycles. The van der Waals surface area contributed by atoms with Crippen LogP contribution in [0.15, 0.2) is 29.3 Å². The van der Waals surface area contributed by atoms with Crippen LogP contribution in [0.2, 0.25) is 0 Å². The molecule has 22 heavy (non-hydrogen) atoms. The van der Waals surface area contributed by atoms with Crippen LogP contribution in [-0.4, -0.2) is 36.0 Å². The minimum atomic E-state index is -0.177. The van der Waals surface area contributed by atoms with E-state index in [1.54, 1.807) is 0 Å². The molecule has 1 aromatic carbocycles. The summed E-state index contributed by atoms with van der Waals surface area (Å²) in [5.74, 6) is 0.364. The Kier molecular flexibility index (Phi) is 3.49. The van der Waals surface area contributed by atoms with Crippen LogP contribution in [-0.2, 0) is 4.79 Å². The van der Waals surface area contributed by atoms with Crippen LogP contribution in [0.25, 0.3) is 5.57 Å². The number of carbonyl (C=O) groups is 1. The molecule has 116 valence electrons. The van der Waals surface area contributed by atoms with E-state index in [9.17, 15) is 4.79 Å². The highest BCUT2D eigenvalue weighted by molar-refractivity contribution is 5.73. The Hall–Kier alpha value is -1.68. The van der Waals surface area contributed by atoms with Crippen LogP contribution in [0.5, 0.6) is 0 Å². The fourth-order valence-electron chi connectivity index (χ4n) is 4.61. The summed E-state index contributed by atoms with van der Waals surface area (Å²) >= 11 is 0. The molecule has 3 aliphatic heterocycles. The Bertz CT molecular complexity index is 711. The van der Waals surface area contributed by atoms with E-state index in [1.165, 1.54) is 30.2 Å². The van der Waals surface area contributed by atoms with Gasteiger partial charge in [0.15, 0.2) is 0 Å². The normalized spacial score (nSPS) is 30.2. The second kappa shape index (κ2) is 5.51. The molecule has 3 atom stereocenters. The van der Waals surface area contributed by atoms with Crippen LogP contribution >= 0.6 is 0 Å². The molecule has 3 aliphatic rings. The third-order valence-electron chi connectivity index (χ3n) is 5.56. The largest absolute Gasteiger partial charge is 0.370 e. The number of benzene rings is 1. The molecule has 0 spiro atoms. The average Bonchev–Trinajstić information content (AvgIpc) is 2.91. The van der Waals surface area contributed by atoms with E-state index in [0.717, 1.165) is 24.7 Å². The minimum Gasteiger partial charge on any atom is -0.370 e. The van der Waals surface area contributed by atoms with Gasteiger partial charge < -0.3 is 5.73 Å². The number of nitrogens with two attached hydrogens (primary N) is 1. The SMILES string of the molecule is NC(=O)CC[C@H]1CCCN2CCC3=c4ccccc4=NC3[C@@H]12. The standard InChI is InChI=1S/C18H23N3O/c19-16(22)8-7-12-4-3-10-21-11-9-14-13-5-1-2-6-15(13)20-17(14)18(12)21/h1-2,5-6,12,17-18H,3-4,7-11H2,(H2,19,22)/t12-,17?,18-/m1/s1. The predicted molar refractivity (Wildman–Crippen MR) is 85.5 cm³/mol. The highest BCUT2D eigenvalue weighted by Gasteiger charge is 2.42. The Morgan fingerprint density at radius 2 is 2.18 bits per heavy atom. The lowest BCUT2D eigenvalue weighted by Gasteiger charge is -2.47. The number of primary amides is 1. The first-order valence-corrected chi connectivity index (χ1v) is 8.42. The molecular weight excluding hydrogens is 274 g/mol. The first-order valence-electron chi connectivity index (χ1n) is 8.42. The highest BCUT2D eigenvalue weighted by Crippen LogP contribution is 2.38. The van der Waals surface area contributed by atoms with Gasteiger partial charge in [-0.2, -0.15) is 0 Å². The van der Waals surface area contributed by atoms with Gasteiger partial charge in [0.05, 0.1) is 11.4 Å². The monoisotopic (exact) mass is 297 g/mol. The average molecular weight is 297 g/mol. The molecule has 1 amide bonds. The van der Waals surface area contributed by atoms with Crippen LogP contribution in [0, 0.1) is 5.92 Å². The summed E-state index contributed by atoms with van der Waals surface area (Å²) in [7, 11) is 0. The first-order chi connectivity index (χ1) is 10.7. The molecule has 0 saturated carbocycles. The van der Waals surface area contributed by atoms with E-state index < -0.39 is 0 Å². The number of para-hydroxylation sites is 1. The van der Waals surface area contributed by atoms with Crippen molar-refractivity contribution in [1.29, 1.82) is 0 Å². The number of rotatable bonds is 3. The molecule has 0 bridgehead atoms. The van der Waals surface area contributed by atoms with Crippen molar-refractivity contribution >= 4 is 11.5 Å². The van der Waals surface area contributed by atoms with E-state index in [1.807, 2.05) is 0 Å². The maximum Gasteiger partial charge on any atom is 0.217 e. The molecular formula is C18H23N3O. The minimum absolute atomic E-state index is 0.177. The number of carbonyl (C=O) groups excluding carboxylic acids is 1. The Morgan fingerprint density at radius 3 is 3.05 bits per heavy atom. The van der Waals surface area contributed by atoms with Gasteiger partial charge in [-0.25, -0.2) is 0 Å². The highest BCUT2D eigenvalue weighted by atomic mass is 16.1. The lowest BCUT2D eigenvalue weighted by Crippen LogP contribution is -2.55. The number of hydrogen-bond acceptors (Lipinski definition) is 3. The van der Waals surface area contributed by atoms with Crippen LogP contribution < -0.4 is 16.3 Å². The molecule has 0 aromatic heterocycles. The zero-order chi connectivity index (χ0) is 15.1. The van der Waals surface area contributed by atoms with Crippen molar-refractivity contribution in [3.05, 3.63) is 34.8 Å². The summed E-state index contributed by atoms with van der Waals surface area (Å²) in [6.45, 7) is 2.31. The summed E-state index contributed by atoms with van der Waals surface area (Å²) in [6.07, 6.45) is 4.97. The van der Waals surface area contributed by atoms with Gasteiger partial charge in [-0.3, -0.25) is 14.7 Å². The third kappa shape index (κ3) is 2.26. The third-order valence-corrected chi connectivity index (χ3v) is 5.56. The Morgan fingerprint density at radius 1 is 1.32 bits per heavy atom. The van der Waals surface area contributed by atoms with Gasteiger partial charge >= 0.3 is 0 Å². The molecule has 2 saturated heterocycles. The molecule has 4 nitrogen and oxygen atoms in total. The van der Waals surface area contributed by atoms with E-state index in [4.69, 9.17) is 10.7 Å². The van der Waals surface area contributed by atoms with Crippen molar-refractivity contribution in [3.63, 3.8) is 0 Å². The van der Waals surface area contributed by atoms with E-state index in [0.29, 0.717) is 24.4 Å². The second-order valence-electron chi connectivity index (χ2n) is 6.80. The summed E-state index contributed by atoms with van der Waals surface area (Å²) in [5, 5.41) is 2.51. The smallest absolute Gasteiger partial charge is 0.217 e. The summed E-state index contributed by atoms with van der Waals surface area (Å²) < 4.78 is 0. The van der Waals surface area contributed by atoms with Gasteiger partial charge in [0, 0.05) is 24.2 Å². The zero-order valence-corrected chi connectivity index (χ0v) is 12.9. The van der Waals surface area contributed by atoms with Crippen molar-refractivity contribution in [2.24, 2.45) is 16.6 Å². The van der Waals surface area contributed by atoms with E-state index in [2.05, 4.69) is 29.2 Å². The van der Waals surface area contributed by atoms with E-state index in [-0.39, 0.29) is 5.91 Å². The van der Waals surface area contributed by atoms with Gasteiger partial charge in [-0.05, 0) is 49.8 Å². The lowest BCUT2D eigenvalue weighted by molar-refractivity contribution is -0.118. The molecule has 0 aliphatic carbocycles. The van der Waals surface area contributed by atoms with Gasteiger partial charge in [0.1, 0.15) is 0 Å². The molecule has 4 heteroatoms. The van der Waals surface area contributed by atoms with Crippen LogP contribution in [0.4, 0.5) is 0 Å². The molecule has 2 N–H and O–H groups in total. The topological polar surface area (TPSA) is 58.7 Å². The fraction of sp³-hybridized carbons (Fsp3) is 0.556. The van der Waals surface area contributed by atoms with Crippen molar-refractivity contribution in [1.82, 2.24) is 4.90 Å². The van der Waals surface area contributed by atoms with Crippen LogP contribution in [0.1, 0.15) is 32.1 Å². The van der Waals surface area contributed by atoms with Crippen LogP contribution in [0.3, 0.4) is 0 Å². The summed E-state index contributed by atoms with van der Waals surface area (Å²) in [4.78, 5) is 18.8. The van der Waals surface area contributed by atoms with Gasteiger partial charge in [-0.1, -0.05) is 18.2 Å².